The molecule has 0 radical (unpaired) electrons. The molecule has 2 aromatic heterocycles. The van der Waals surface area contributed by atoms with Gasteiger partial charge in [-0.25, -0.2) is 4.98 Å². The van der Waals surface area contributed by atoms with Gasteiger partial charge in [0.2, 0.25) is 0 Å². The van der Waals surface area contributed by atoms with Gasteiger partial charge in [0.15, 0.2) is 5.69 Å². The molecule has 0 aliphatic rings. The van der Waals surface area contributed by atoms with E-state index in [1.807, 2.05) is 26.0 Å². The van der Waals surface area contributed by atoms with E-state index in [0.717, 1.165) is 5.56 Å². The van der Waals surface area contributed by atoms with Crippen LogP contribution < -0.4 is 5.73 Å². The number of pyridine rings is 2. The summed E-state index contributed by atoms with van der Waals surface area (Å²) in [7, 11) is 0. The average Bonchev–Trinajstić information content (AvgIpc) is 2.45. The second kappa shape index (κ2) is 6.14. The van der Waals surface area contributed by atoms with Crippen molar-refractivity contribution < 1.29 is 4.79 Å². The summed E-state index contributed by atoms with van der Waals surface area (Å²) in [5.41, 5.74) is 7.50. The maximum absolute atomic E-state index is 12.6. The smallest absolute Gasteiger partial charge is 0.275 e. The molecule has 5 nitrogen and oxygen atoms in total. The van der Waals surface area contributed by atoms with Gasteiger partial charge in [-0.1, -0.05) is 6.07 Å². The van der Waals surface area contributed by atoms with Gasteiger partial charge in [-0.05, 0) is 37.6 Å². The predicted octanol–water partition coefficient (Wildman–Crippen LogP) is 2.11. The minimum atomic E-state index is -0.165. The molecule has 0 spiro atoms. The third-order valence-corrected chi connectivity index (χ3v) is 3.00. The van der Waals surface area contributed by atoms with Crippen molar-refractivity contribution in [2.75, 3.05) is 5.73 Å². The van der Waals surface area contributed by atoms with E-state index in [1.165, 1.54) is 0 Å². The van der Waals surface area contributed by atoms with Crippen molar-refractivity contribution in [3.05, 3.63) is 54.1 Å². The molecule has 0 saturated heterocycles. The highest BCUT2D eigenvalue weighted by Gasteiger charge is 2.22. The van der Waals surface area contributed by atoms with Crippen LogP contribution in [-0.2, 0) is 6.54 Å². The summed E-state index contributed by atoms with van der Waals surface area (Å²) < 4.78 is 0. The third kappa shape index (κ3) is 3.12. The first-order valence-electron chi connectivity index (χ1n) is 6.50. The van der Waals surface area contributed by atoms with Crippen molar-refractivity contribution >= 4 is 11.6 Å². The number of nitrogens with two attached hydrogens (primary N) is 1. The van der Waals surface area contributed by atoms with Gasteiger partial charge >= 0.3 is 0 Å². The molecule has 0 saturated carbocycles. The van der Waals surface area contributed by atoms with Gasteiger partial charge in [-0.3, -0.25) is 9.78 Å². The zero-order valence-corrected chi connectivity index (χ0v) is 11.7. The number of hydrogen-bond acceptors (Lipinski definition) is 4. The molecule has 2 heterocycles. The Bertz CT molecular complexity index is 583. The van der Waals surface area contributed by atoms with Crippen LogP contribution in [0, 0.1) is 0 Å². The van der Waals surface area contributed by atoms with Gasteiger partial charge in [0.1, 0.15) is 0 Å². The molecule has 0 aliphatic heterocycles. The van der Waals surface area contributed by atoms with E-state index in [-0.39, 0.29) is 11.9 Å². The molecule has 20 heavy (non-hydrogen) atoms. The molecule has 0 atom stereocenters. The first-order chi connectivity index (χ1) is 9.59. The van der Waals surface area contributed by atoms with Gasteiger partial charge in [-0.15, -0.1) is 0 Å². The SMILES string of the molecule is CC(C)N(Cc1cccnc1)C(=O)c1ncccc1N. The minimum absolute atomic E-state index is 0.0455. The van der Waals surface area contributed by atoms with Crippen LogP contribution in [0.4, 0.5) is 5.69 Å². The van der Waals surface area contributed by atoms with Gasteiger partial charge < -0.3 is 10.6 Å². The molecule has 0 unspecified atom stereocenters. The van der Waals surface area contributed by atoms with Crippen molar-refractivity contribution in [1.82, 2.24) is 14.9 Å². The fourth-order valence-electron chi connectivity index (χ4n) is 1.91. The Morgan fingerprint density at radius 3 is 2.65 bits per heavy atom. The lowest BCUT2D eigenvalue weighted by molar-refractivity contribution is 0.0685. The maximum atomic E-state index is 12.6. The lowest BCUT2D eigenvalue weighted by Crippen LogP contribution is -2.37. The number of carbonyl (C=O) groups is 1. The zero-order chi connectivity index (χ0) is 14.5. The molecule has 2 N–H and O–H groups in total. The molecular weight excluding hydrogens is 252 g/mol. The van der Waals surface area contributed by atoms with E-state index in [9.17, 15) is 4.79 Å². The zero-order valence-electron chi connectivity index (χ0n) is 11.7. The molecule has 0 bridgehead atoms. The number of amides is 1. The predicted molar refractivity (Wildman–Crippen MR) is 77.9 cm³/mol. The number of anilines is 1. The fraction of sp³-hybridized carbons (Fsp3) is 0.267. The normalized spacial score (nSPS) is 10.6. The van der Waals surface area contributed by atoms with Crippen LogP contribution in [0.5, 0.6) is 0 Å². The highest BCUT2D eigenvalue weighted by molar-refractivity contribution is 5.97. The molecule has 5 heteroatoms. The number of hydrogen-bond donors (Lipinski definition) is 1. The minimum Gasteiger partial charge on any atom is -0.397 e. The third-order valence-electron chi connectivity index (χ3n) is 3.00. The molecular formula is C15H18N4O. The van der Waals surface area contributed by atoms with Crippen molar-refractivity contribution in [2.45, 2.75) is 26.4 Å². The molecule has 0 fully saturated rings. The molecule has 104 valence electrons. The van der Waals surface area contributed by atoms with Crippen LogP contribution in [0.2, 0.25) is 0 Å². The van der Waals surface area contributed by atoms with Gasteiger partial charge in [0.05, 0.1) is 5.69 Å². The first-order valence-corrected chi connectivity index (χ1v) is 6.50. The van der Waals surface area contributed by atoms with Crippen LogP contribution in [0.1, 0.15) is 29.9 Å². The fourth-order valence-corrected chi connectivity index (χ4v) is 1.91. The molecule has 0 aromatic carbocycles. The lowest BCUT2D eigenvalue weighted by atomic mass is 10.2. The molecule has 2 aromatic rings. The average molecular weight is 270 g/mol. The molecule has 1 amide bonds. The van der Waals surface area contributed by atoms with E-state index >= 15 is 0 Å². The van der Waals surface area contributed by atoms with E-state index in [2.05, 4.69) is 9.97 Å². The summed E-state index contributed by atoms with van der Waals surface area (Å²) in [6.07, 6.45) is 5.04. The Kier molecular flexibility index (Phi) is 4.30. The highest BCUT2D eigenvalue weighted by Crippen LogP contribution is 2.15. The molecule has 0 aliphatic carbocycles. The summed E-state index contributed by atoms with van der Waals surface area (Å²) in [5, 5.41) is 0. The second-order valence-electron chi connectivity index (χ2n) is 4.83. The van der Waals surface area contributed by atoms with Crippen molar-refractivity contribution in [3.63, 3.8) is 0 Å². The number of carbonyl (C=O) groups excluding carboxylic acids is 1. The van der Waals surface area contributed by atoms with E-state index in [0.29, 0.717) is 17.9 Å². The Balaban J connectivity index is 2.25. The summed E-state index contributed by atoms with van der Waals surface area (Å²) in [4.78, 5) is 22.5. The summed E-state index contributed by atoms with van der Waals surface area (Å²) >= 11 is 0. The van der Waals surface area contributed by atoms with Crippen LogP contribution in [0.25, 0.3) is 0 Å². The van der Waals surface area contributed by atoms with E-state index < -0.39 is 0 Å². The number of aromatic nitrogens is 2. The quantitative estimate of drug-likeness (QED) is 0.923. The van der Waals surface area contributed by atoms with Crippen molar-refractivity contribution in [1.29, 1.82) is 0 Å². The van der Waals surface area contributed by atoms with Crippen LogP contribution in [0.15, 0.2) is 42.9 Å². The van der Waals surface area contributed by atoms with Crippen LogP contribution >= 0.6 is 0 Å². The monoisotopic (exact) mass is 270 g/mol. The Morgan fingerprint density at radius 2 is 2.05 bits per heavy atom. The number of rotatable bonds is 4. The van der Waals surface area contributed by atoms with Gasteiger partial charge in [0.25, 0.3) is 5.91 Å². The molecule has 2 rings (SSSR count). The van der Waals surface area contributed by atoms with Crippen molar-refractivity contribution in [3.8, 4) is 0 Å². The van der Waals surface area contributed by atoms with Gasteiger partial charge in [0, 0.05) is 31.2 Å². The van der Waals surface area contributed by atoms with Crippen LogP contribution in [-0.4, -0.2) is 26.8 Å². The summed E-state index contributed by atoms with van der Waals surface area (Å²) in [6, 6.07) is 7.24. The van der Waals surface area contributed by atoms with Gasteiger partial charge in [-0.2, -0.15) is 0 Å². The van der Waals surface area contributed by atoms with Crippen LogP contribution in [0.3, 0.4) is 0 Å². The Morgan fingerprint density at radius 1 is 1.30 bits per heavy atom. The summed E-state index contributed by atoms with van der Waals surface area (Å²) in [5.74, 6) is -0.165. The van der Waals surface area contributed by atoms with E-state index in [1.54, 1.807) is 35.6 Å². The van der Waals surface area contributed by atoms with Crippen molar-refractivity contribution in [2.24, 2.45) is 0 Å². The standard InChI is InChI=1S/C15H18N4O/c1-11(2)19(10-12-5-3-7-17-9-12)15(20)14-13(16)6-4-8-18-14/h3-9,11H,10,16H2,1-2H3. The maximum Gasteiger partial charge on any atom is 0.275 e. The largest absolute Gasteiger partial charge is 0.397 e. The first kappa shape index (κ1) is 14.0. The highest BCUT2D eigenvalue weighted by atomic mass is 16.2. The lowest BCUT2D eigenvalue weighted by Gasteiger charge is -2.26. The Hall–Kier alpha value is -2.43. The Labute approximate surface area is 118 Å². The number of nitrogens with zero attached hydrogens (tertiary/aromatic N) is 3. The van der Waals surface area contributed by atoms with E-state index in [4.69, 9.17) is 5.73 Å². The number of nitrogen functional groups attached to an aromatic ring is 1. The summed E-state index contributed by atoms with van der Waals surface area (Å²) in [6.45, 7) is 4.42. The second-order valence-corrected chi connectivity index (χ2v) is 4.83. The topological polar surface area (TPSA) is 72.1 Å².